The summed E-state index contributed by atoms with van der Waals surface area (Å²) in [5.41, 5.74) is 1.98. The number of aromatic carboxylic acids is 1. The maximum atomic E-state index is 12.3. The van der Waals surface area contributed by atoms with E-state index < -0.39 is 5.97 Å². The molecule has 2 aromatic rings. The normalized spacial score (nSPS) is 16.4. The molecule has 0 aliphatic carbocycles. The fourth-order valence-corrected chi connectivity index (χ4v) is 3.08. The summed E-state index contributed by atoms with van der Waals surface area (Å²) in [7, 11) is 0. The van der Waals surface area contributed by atoms with E-state index in [1.807, 2.05) is 18.2 Å². The number of hydrogen-bond acceptors (Lipinski definition) is 4. The lowest BCUT2D eigenvalue weighted by Gasteiger charge is -2.16. The zero-order valence-electron chi connectivity index (χ0n) is 14.8. The van der Waals surface area contributed by atoms with Crippen LogP contribution in [0.2, 0.25) is 0 Å². The molecule has 2 amide bonds. The van der Waals surface area contributed by atoms with Crippen LogP contribution in [0.3, 0.4) is 0 Å². The summed E-state index contributed by atoms with van der Waals surface area (Å²) in [4.78, 5) is 41.2. The molecule has 2 heterocycles. The Morgan fingerprint density at radius 1 is 1.19 bits per heavy atom. The van der Waals surface area contributed by atoms with E-state index in [9.17, 15) is 14.4 Å². The van der Waals surface area contributed by atoms with Gasteiger partial charge >= 0.3 is 5.97 Å². The van der Waals surface area contributed by atoms with Crippen molar-refractivity contribution in [2.24, 2.45) is 5.92 Å². The number of nitrogens with one attached hydrogen (secondary N) is 1. The first kappa shape index (κ1) is 18.6. The topological polar surface area (TPSA) is 99.6 Å². The Balaban J connectivity index is 1.45. The molecular weight excluding hydrogens is 346 g/mol. The number of carbonyl (C=O) groups excluding carboxylic acids is 2. The Hall–Kier alpha value is -3.22. The number of pyridine rings is 1. The van der Waals surface area contributed by atoms with E-state index in [2.05, 4.69) is 10.3 Å². The summed E-state index contributed by atoms with van der Waals surface area (Å²) in [5.74, 6) is -1.48. The van der Waals surface area contributed by atoms with Gasteiger partial charge in [-0.05, 0) is 36.2 Å². The van der Waals surface area contributed by atoms with E-state index in [0.717, 1.165) is 11.3 Å². The first-order valence-electron chi connectivity index (χ1n) is 8.80. The van der Waals surface area contributed by atoms with Gasteiger partial charge in [0.25, 0.3) is 0 Å². The van der Waals surface area contributed by atoms with E-state index in [1.54, 1.807) is 35.4 Å². The van der Waals surface area contributed by atoms with Gasteiger partial charge < -0.3 is 15.3 Å². The van der Waals surface area contributed by atoms with Gasteiger partial charge in [0, 0.05) is 25.7 Å². The maximum Gasteiger partial charge on any atom is 0.335 e. The van der Waals surface area contributed by atoms with Gasteiger partial charge in [-0.2, -0.15) is 0 Å². The standard InChI is InChI=1S/C20H21N3O4/c24-18-11-16(12-23(18)13-17-3-1-2-9-21-17)19(25)22-10-8-14-4-6-15(7-5-14)20(26)27/h1-7,9,16H,8,10-13H2,(H,22,25)(H,26,27)/t16-/m0/s1. The van der Waals surface area contributed by atoms with Crippen molar-refractivity contribution in [1.29, 1.82) is 0 Å². The van der Waals surface area contributed by atoms with Gasteiger partial charge in [-0.25, -0.2) is 4.79 Å². The number of carboxylic acid groups (broad SMARTS) is 1. The highest BCUT2D eigenvalue weighted by molar-refractivity contribution is 5.89. The van der Waals surface area contributed by atoms with Crippen molar-refractivity contribution in [2.75, 3.05) is 13.1 Å². The molecule has 0 unspecified atom stereocenters. The first-order chi connectivity index (χ1) is 13.0. The number of benzene rings is 1. The van der Waals surface area contributed by atoms with Crippen LogP contribution in [0.25, 0.3) is 0 Å². The molecule has 1 fully saturated rings. The largest absolute Gasteiger partial charge is 0.478 e. The van der Waals surface area contributed by atoms with Crippen LogP contribution < -0.4 is 5.32 Å². The first-order valence-corrected chi connectivity index (χ1v) is 8.80. The molecule has 140 valence electrons. The number of aromatic nitrogens is 1. The van der Waals surface area contributed by atoms with Crippen molar-refractivity contribution in [2.45, 2.75) is 19.4 Å². The average molecular weight is 367 g/mol. The molecule has 1 aliphatic heterocycles. The molecule has 1 aromatic carbocycles. The fraction of sp³-hybridized carbons (Fsp3) is 0.300. The molecule has 1 saturated heterocycles. The lowest BCUT2D eigenvalue weighted by molar-refractivity contribution is -0.129. The summed E-state index contributed by atoms with van der Waals surface area (Å²) in [6, 6.07) is 12.1. The summed E-state index contributed by atoms with van der Waals surface area (Å²) < 4.78 is 0. The number of nitrogens with zero attached hydrogens (tertiary/aromatic N) is 2. The third-order valence-electron chi connectivity index (χ3n) is 4.58. The van der Waals surface area contributed by atoms with Crippen LogP contribution in [-0.2, 0) is 22.6 Å². The number of likely N-dealkylation sites (tertiary alicyclic amines) is 1. The van der Waals surface area contributed by atoms with Crippen molar-refractivity contribution in [3.8, 4) is 0 Å². The van der Waals surface area contributed by atoms with Crippen LogP contribution in [-0.4, -0.2) is 45.9 Å². The van der Waals surface area contributed by atoms with Crippen molar-refractivity contribution in [3.63, 3.8) is 0 Å². The van der Waals surface area contributed by atoms with Crippen molar-refractivity contribution in [1.82, 2.24) is 15.2 Å². The zero-order valence-corrected chi connectivity index (χ0v) is 14.8. The third-order valence-corrected chi connectivity index (χ3v) is 4.58. The van der Waals surface area contributed by atoms with Crippen LogP contribution in [0, 0.1) is 5.92 Å². The molecule has 7 heteroatoms. The number of carboxylic acids is 1. The SMILES string of the molecule is O=C(O)c1ccc(CCNC(=O)[C@H]2CC(=O)N(Cc3ccccn3)C2)cc1. The Bertz CT molecular complexity index is 821. The third kappa shape index (κ3) is 4.91. The second kappa shape index (κ2) is 8.44. The molecule has 7 nitrogen and oxygen atoms in total. The number of hydrogen-bond donors (Lipinski definition) is 2. The Morgan fingerprint density at radius 2 is 1.96 bits per heavy atom. The molecule has 0 radical (unpaired) electrons. The highest BCUT2D eigenvalue weighted by atomic mass is 16.4. The predicted molar refractivity (Wildman–Crippen MR) is 97.9 cm³/mol. The van der Waals surface area contributed by atoms with E-state index in [1.165, 1.54) is 0 Å². The Kier molecular flexibility index (Phi) is 5.80. The molecule has 0 spiro atoms. The van der Waals surface area contributed by atoms with Crippen LogP contribution >= 0.6 is 0 Å². The number of carbonyl (C=O) groups is 3. The number of rotatable bonds is 7. The minimum atomic E-state index is -0.962. The van der Waals surface area contributed by atoms with Gasteiger partial charge in [0.1, 0.15) is 0 Å². The second-order valence-corrected chi connectivity index (χ2v) is 6.54. The fourth-order valence-electron chi connectivity index (χ4n) is 3.08. The molecule has 0 bridgehead atoms. The quantitative estimate of drug-likeness (QED) is 0.772. The Labute approximate surface area is 157 Å². The predicted octanol–water partition coefficient (Wildman–Crippen LogP) is 1.49. The second-order valence-electron chi connectivity index (χ2n) is 6.54. The van der Waals surface area contributed by atoms with Gasteiger partial charge in [0.05, 0.1) is 23.7 Å². The maximum absolute atomic E-state index is 12.3. The molecule has 3 rings (SSSR count). The van der Waals surface area contributed by atoms with E-state index in [4.69, 9.17) is 5.11 Å². The van der Waals surface area contributed by atoms with E-state index in [-0.39, 0.29) is 29.7 Å². The summed E-state index contributed by atoms with van der Waals surface area (Å²) in [5, 5.41) is 11.8. The smallest absolute Gasteiger partial charge is 0.335 e. The van der Waals surface area contributed by atoms with Gasteiger partial charge in [-0.1, -0.05) is 18.2 Å². The van der Waals surface area contributed by atoms with Crippen LogP contribution in [0.1, 0.15) is 28.0 Å². The lowest BCUT2D eigenvalue weighted by Crippen LogP contribution is -2.34. The van der Waals surface area contributed by atoms with Gasteiger partial charge in [0.2, 0.25) is 11.8 Å². The van der Waals surface area contributed by atoms with E-state index in [0.29, 0.717) is 26.1 Å². The highest BCUT2D eigenvalue weighted by Crippen LogP contribution is 2.19. The molecular formula is C20H21N3O4. The number of amides is 2. The lowest BCUT2D eigenvalue weighted by atomic mass is 10.1. The van der Waals surface area contributed by atoms with Gasteiger partial charge in [-0.3, -0.25) is 14.6 Å². The van der Waals surface area contributed by atoms with Crippen molar-refractivity contribution in [3.05, 3.63) is 65.5 Å². The average Bonchev–Trinajstić information content (AvgIpc) is 3.03. The van der Waals surface area contributed by atoms with Crippen molar-refractivity contribution < 1.29 is 19.5 Å². The molecule has 1 aliphatic rings. The van der Waals surface area contributed by atoms with Gasteiger partial charge in [0.15, 0.2) is 0 Å². The molecule has 0 saturated carbocycles. The summed E-state index contributed by atoms with van der Waals surface area (Å²) in [6.45, 7) is 1.25. The van der Waals surface area contributed by atoms with Crippen LogP contribution in [0.15, 0.2) is 48.7 Å². The minimum Gasteiger partial charge on any atom is -0.478 e. The van der Waals surface area contributed by atoms with E-state index >= 15 is 0 Å². The molecule has 27 heavy (non-hydrogen) atoms. The summed E-state index contributed by atoms with van der Waals surface area (Å²) >= 11 is 0. The van der Waals surface area contributed by atoms with Crippen LogP contribution in [0.4, 0.5) is 0 Å². The van der Waals surface area contributed by atoms with Crippen molar-refractivity contribution >= 4 is 17.8 Å². The molecule has 2 N–H and O–H groups in total. The molecule has 1 aromatic heterocycles. The summed E-state index contributed by atoms with van der Waals surface area (Å²) in [6.07, 6.45) is 2.50. The Morgan fingerprint density at radius 3 is 2.63 bits per heavy atom. The highest BCUT2D eigenvalue weighted by Gasteiger charge is 2.34. The van der Waals surface area contributed by atoms with Crippen LogP contribution in [0.5, 0.6) is 0 Å². The zero-order chi connectivity index (χ0) is 19.2. The van der Waals surface area contributed by atoms with Gasteiger partial charge in [-0.15, -0.1) is 0 Å². The molecule has 1 atom stereocenters. The minimum absolute atomic E-state index is 0.0370. The monoisotopic (exact) mass is 367 g/mol.